The number of para-hydroxylation sites is 1. The molecular formula is C21H24N2O3. The molecule has 0 amide bonds. The maximum Gasteiger partial charge on any atom is 0.329 e. The number of carboxylic acid groups (broad SMARTS) is 1. The van der Waals surface area contributed by atoms with Crippen molar-refractivity contribution in [2.75, 3.05) is 44.3 Å². The van der Waals surface area contributed by atoms with Gasteiger partial charge in [-0.1, -0.05) is 42.5 Å². The van der Waals surface area contributed by atoms with E-state index in [0.717, 1.165) is 32.6 Å². The van der Waals surface area contributed by atoms with E-state index in [1.54, 1.807) is 0 Å². The molecule has 0 saturated carbocycles. The molecule has 1 atom stereocenters. The minimum absolute atomic E-state index is 0.223. The molecule has 5 heteroatoms. The number of carboxylic acids is 1. The highest BCUT2D eigenvalue weighted by Gasteiger charge is 2.32. The minimum atomic E-state index is -0.913. The second-order valence-electron chi connectivity index (χ2n) is 6.96. The smallest absolute Gasteiger partial charge is 0.329 e. The van der Waals surface area contributed by atoms with Crippen molar-refractivity contribution in [3.63, 3.8) is 0 Å². The van der Waals surface area contributed by atoms with Crippen LogP contribution in [0.4, 0.5) is 5.69 Å². The van der Waals surface area contributed by atoms with Gasteiger partial charge in [0.15, 0.2) is 0 Å². The quantitative estimate of drug-likeness (QED) is 0.838. The number of aliphatic carboxylic acids is 1. The van der Waals surface area contributed by atoms with Crippen LogP contribution < -0.4 is 4.90 Å². The number of benzene rings is 2. The fourth-order valence-electron chi connectivity index (χ4n) is 4.12. The van der Waals surface area contributed by atoms with E-state index in [9.17, 15) is 4.79 Å². The van der Waals surface area contributed by atoms with Gasteiger partial charge < -0.3 is 14.7 Å². The van der Waals surface area contributed by atoms with Crippen molar-refractivity contribution >= 4 is 11.7 Å². The van der Waals surface area contributed by atoms with Crippen LogP contribution >= 0.6 is 0 Å². The lowest BCUT2D eigenvalue weighted by atomic mass is 9.96. The highest BCUT2D eigenvalue weighted by Crippen LogP contribution is 2.38. The van der Waals surface area contributed by atoms with E-state index >= 15 is 0 Å². The lowest BCUT2D eigenvalue weighted by Crippen LogP contribution is -2.49. The number of carbonyl (C=O) groups is 1. The molecular weight excluding hydrogens is 328 g/mol. The summed E-state index contributed by atoms with van der Waals surface area (Å²) in [5, 5.41) is 8.69. The Morgan fingerprint density at radius 2 is 1.85 bits per heavy atom. The van der Waals surface area contributed by atoms with Crippen LogP contribution in [0.25, 0.3) is 0 Å². The van der Waals surface area contributed by atoms with Gasteiger partial charge in [0, 0.05) is 31.9 Å². The first-order valence-corrected chi connectivity index (χ1v) is 9.16. The first-order valence-electron chi connectivity index (χ1n) is 9.16. The van der Waals surface area contributed by atoms with Crippen molar-refractivity contribution in [3.8, 4) is 0 Å². The first-order chi connectivity index (χ1) is 12.7. The Labute approximate surface area is 153 Å². The average molecular weight is 352 g/mol. The van der Waals surface area contributed by atoms with E-state index in [0.29, 0.717) is 12.6 Å². The number of anilines is 1. The SMILES string of the molecule is O=C(O)COCCN1CCN2c3ccccc3Cc3ccccc3[C@@H]2C1. The third kappa shape index (κ3) is 3.45. The van der Waals surface area contributed by atoms with Gasteiger partial charge >= 0.3 is 5.97 Å². The second-order valence-corrected chi connectivity index (χ2v) is 6.96. The van der Waals surface area contributed by atoms with Crippen LogP contribution in [-0.2, 0) is 16.0 Å². The van der Waals surface area contributed by atoms with Crippen LogP contribution in [0.3, 0.4) is 0 Å². The summed E-state index contributed by atoms with van der Waals surface area (Å²) in [6, 6.07) is 17.8. The Morgan fingerprint density at radius 3 is 2.69 bits per heavy atom. The molecule has 4 rings (SSSR count). The predicted octanol–water partition coefficient (Wildman–Crippen LogP) is 2.56. The normalized spacial score (nSPS) is 19.2. The van der Waals surface area contributed by atoms with E-state index in [2.05, 4.69) is 58.3 Å². The summed E-state index contributed by atoms with van der Waals surface area (Å²) in [7, 11) is 0. The lowest BCUT2D eigenvalue weighted by molar-refractivity contribution is -0.142. The van der Waals surface area contributed by atoms with Gasteiger partial charge in [0.2, 0.25) is 0 Å². The molecule has 2 aliphatic rings. The number of nitrogens with zero attached hydrogens (tertiary/aromatic N) is 2. The Bertz CT molecular complexity index is 792. The summed E-state index contributed by atoms with van der Waals surface area (Å²) < 4.78 is 5.23. The Kier molecular flexibility index (Phi) is 4.91. The topological polar surface area (TPSA) is 53.0 Å². The van der Waals surface area contributed by atoms with Gasteiger partial charge in [0.25, 0.3) is 0 Å². The number of hydrogen-bond donors (Lipinski definition) is 1. The van der Waals surface area contributed by atoms with Crippen molar-refractivity contribution in [1.29, 1.82) is 0 Å². The van der Waals surface area contributed by atoms with Crippen LogP contribution in [0.15, 0.2) is 48.5 Å². The van der Waals surface area contributed by atoms with Crippen LogP contribution in [-0.4, -0.2) is 55.4 Å². The molecule has 1 saturated heterocycles. The van der Waals surface area contributed by atoms with Crippen molar-refractivity contribution in [2.24, 2.45) is 0 Å². The van der Waals surface area contributed by atoms with Gasteiger partial charge in [0.05, 0.1) is 12.6 Å². The van der Waals surface area contributed by atoms with Gasteiger partial charge in [-0.3, -0.25) is 4.90 Å². The molecule has 0 radical (unpaired) electrons. The molecule has 0 aromatic heterocycles. The van der Waals surface area contributed by atoms with Crippen LogP contribution in [0.1, 0.15) is 22.7 Å². The number of rotatable bonds is 5. The zero-order valence-electron chi connectivity index (χ0n) is 14.8. The summed E-state index contributed by atoms with van der Waals surface area (Å²) in [6.07, 6.45) is 0.973. The summed E-state index contributed by atoms with van der Waals surface area (Å²) in [5.74, 6) is -0.913. The van der Waals surface area contributed by atoms with Gasteiger partial charge in [0.1, 0.15) is 6.61 Å². The maximum absolute atomic E-state index is 10.6. The molecule has 2 aromatic rings. The first kappa shape index (κ1) is 17.1. The largest absolute Gasteiger partial charge is 0.480 e. The molecule has 26 heavy (non-hydrogen) atoms. The molecule has 2 aliphatic heterocycles. The lowest BCUT2D eigenvalue weighted by Gasteiger charge is -2.43. The number of hydrogen-bond acceptors (Lipinski definition) is 4. The summed E-state index contributed by atoms with van der Waals surface area (Å²) in [5.41, 5.74) is 5.53. The van der Waals surface area contributed by atoms with E-state index in [-0.39, 0.29) is 6.61 Å². The van der Waals surface area contributed by atoms with Crippen molar-refractivity contribution in [3.05, 3.63) is 65.2 Å². The number of piperazine rings is 1. The third-order valence-electron chi connectivity index (χ3n) is 5.34. The molecule has 2 heterocycles. The standard InChI is InChI=1S/C21H24N2O3/c24-21(25)15-26-12-11-22-9-10-23-19-8-4-2-6-17(19)13-16-5-1-3-7-18(16)20(23)14-22/h1-8,20H,9-15H2,(H,24,25)/t20-/m0/s1. The summed E-state index contributed by atoms with van der Waals surface area (Å²) >= 11 is 0. The monoisotopic (exact) mass is 352 g/mol. The Morgan fingerprint density at radius 1 is 1.08 bits per heavy atom. The molecule has 0 spiro atoms. The molecule has 0 unspecified atom stereocenters. The fraction of sp³-hybridized carbons (Fsp3) is 0.381. The van der Waals surface area contributed by atoms with Crippen LogP contribution in [0.5, 0.6) is 0 Å². The van der Waals surface area contributed by atoms with E-state index in [1.165, 1.54) is 22.4 Å². The molecule has 1 N–H and O–H groups in total. The van der Waals surface area contributed by atoms with Crippen molar-refractivity contribution < 1.29 is 14.6 Å². The third-order valence-corrected chi connectivity index (χ3v) is 5.34. The van der Waals surface area contributed by atoms with E-state index < -0.39 is 5.97 Å². The molecule has 1 fully saturated rings. The highest BCUT2D eigenvalue weighted by molar-refractivity contribution is 5.68. The molecule has 136 valence electrons. The van der Waals surface area contributed by atoms with Gasteiger partial charge in [-0.15, -0.1) is 0 Å². The Balaban J connectivity index is 1.55. The Hall–Kier alpha value is -2.37. The minimum Gasteiger partial charge on any atom is -0.480 e. The van der Waals surface area contributed by atoms with Crippen molar-refractivity contribution in [2.45, 2.75) is 12.5 Å². The number of ether oxygens (including phenoxy) is 1. The van der Waals surface area contributed by atoms with Crippen LogP contribution in [0.2, 0.25) is 0 Å². The molecule has 0 aliphatic carbocycles. The molecule has 0 bridgehead atoms. The van der Waals surface area contributed by atoms with Crippen LogP contribution in [0, 0.1) is 0 Å². The van der Waals surface area contributed by atoms with E-state index in [1.807, 2.05) is 0 Å². The van der Waals surface area contributed by atoms with Gasteiger partial charge in [-0.2, -0.15) is 0 Å². The van der Waals surface area contributed by atoms with Crippen molar-refractivity contribution in [1.82, 2.24) is 4.90 Å². The van der Waals surface area contributed by atoms with Gasteiger partial charge in [-0.25, -0.2) is 4.79 Å². The predicted molar refractivity (Wildman–Crippen MR) is 101 cm³/mol. The number of fused-ring (bicyclic) bond motifs is 5. The molecule has 5 nitrogen and oxygen atoms in total. The fourth-order valence-corrected chi connectivity index (χ4v) is 4.12. The summed E-state index contributed by atoms with van der Waals surface area (Å²) in [4.78, 5) is 15.5. The average Bonchev–Trinajstić information content (AvgIpc) is 2.79. The van der Waals surface area contributed by atoms with Gasteiger partial charge in [-0.05, 0) is 29.2 Å². The van der Waals surface area contributed by atoms with E-state index in [4.69, 9.17) is 9.84 Å². The zero-order valence-corrected chi connectivity index (χ0v) is 14.8. The zero-order chi connectivity index (χ0) is 17.9. The maximum atomic E-state index is 10.6. The second kappa shape index (κ2) is 7.48. The highest BCUT2D eigenvalue weighted by atomic mass is 16.5. The molecule has 2 aromatic carbocycles. The summed E-state index contributed by atoms with van der Waals surface area (Å²) in [6.45, 7) is 3.86.